The van der Waals surface area contributed by atoms with Crippen LogP contribution in [0.1, 0.15) is 58.2 Å². The maximum absolute atomic E-state index is 10.5. The van der Waals surface area contributed by atoms with E-state index in [1.807, 2.05) is 18.2 Å². The number of phenols is 1. The number of nitriles is 1. The summed E-state index contributed by atoms with van der Waals surface area (Å²) < 4.78 is 0. The second-order valence-electron chi connectivity index (χ2n) is 6.93. The highest BCUT2D eigenvalue weighted by Crippen LogP contribution is 2.39. The lowest BCUT2D eigenvalue weighted by molar-refractivity contribution is 0.423. The first-order valence-corrected chi connectivity index (χ1v) is 6.51. The molecule has 1 aromatic carbocycles. The van der Waals surface area contributed by atoms with Crippen LogP contribution in [0, 0.1) is 11.3 Å². The average Bonchev–Trinajstić information content (AvgIpc) is 2.24. The smallest absolute Gasteiger partial charge is 0.123 e. The molecular formula is C17H23NO. The molecule has 0 fully saturated rings. The van der Waals surface area contributed by atoms with Crippen LogP contribution in [0.2, 0.25) is 0 Å². The van der Waals surface area contributed by atoms with Crippen LogP contribution in [0.25, 0.3) is 6.08 Å². The van der Waals surface area contributed by atoms with E-state index in [2.05, 4.69) is 41.5 Å². The van der Waals surface area contributed by atoms with Crippen molar-refractivity contribution in [3.8, 4) is 11.8 Å². The van der Waals surface area contributed by atoms with Crippen molar-refractivity contribution in [1.29, 1.82) is 5.26 Å². The van der Waals surface area contributed by atoms with E-state index < -0.39 is 0 Å². The molecule has 0 aliphatic rings. The van der Waals surface area contributed by atoms with Gasteiger partial charge >= 0.3 is 0 Å². The SMILES string of the molecule is CC(C)(C)c1cc(C=CC#N)cc(C(C)(C)C)c1O. The Kier molecular flexibility index (Phi) is 4.10. The molecule has 19 heavy (non-hydrogen) atoms. The van der Waals surface area contributed by atoms with Crippen molar-refractivity contribution in [2.45, 2.75) is 52.4 Å². The predicted molar refractivity (Wildman–Crippen MR) is 80.2 cm³/mol. The Morgan fingerprint density at radius 2 is 1.42 bits per heavy atom. The molecule has 0 saturated carbocycles. The first-order valence-electron chi connectivity index (χ1n) is 6.51. The van der Waals surface area contributed by atoms with Gasteiger partial charge in [0.25, 0.3) is 0 Å². The molecule has 0 saturated heterocycles. The van der Waals surface area contributed by atoms with E-state index in [9.17, 15) is 5.11 Å². The van der Waals surface area contributed by atoms with Crippen molar-refractivity contribution in [3.05, 3.63) is 34.9 Å². The van der Waals surface area contributed by atoms with Crippen molar-refractivity contribution in [3.63, 3.8) is 0 Å². The summed E-state index contributed by atoms with van der Waals surface area (Å²) in [5.74, 6) is 0.370. The van der Waals surface area contributed by atoms with Crippen molar-refractivity contribution in [2.75, 3.05) is 0 Å². The molecule has 2 nitrogen and oxygen atoms in total. The van der Waals surface area contributed by atoms with Crippen molar-refractivity contribution < 1.29 is 5.11 Å². The zero-order valence-electron chi connectivity index (χ0n) is 12.7. The Labute approximate surface area is 116 Å². The molecule has 1 rings (SSSR count). The van der Waals surface area contributed by atoms with Crippen molar-refractivity contribution >= 4 is 6.08 Å². The van der Waals surface area contributed by atoms with Crippen LogP contribution >= 0.6 is 0 Å². The quantitative estimate of drug-likeness (QED) is 0.751. The fourth-order valence-corrected chi connectivity index (χ4v) is 2.03. The minimum Gasteiger partial charge on any atom is -0.507 e. The molecule has 102 valence electrons. The molecule has 0 bridgehead atoms. The third kappa shape index (κ3) is 3.61. The standard InChI is InChI=1S/C17H23NO/c1-16(2,3)13-10-12(8-7-9-18)11-14(15(13)19)17(4,5)6/h7-8,10-11,19H,1-6H3. The first kappa shape index (κ1) is 15.3. The lowest BCUT2D eigenvalue weighted by atomic mass is 9.78. The molecule has 0 aromatic heterocycles. The molecule has 1 N–H and O–H groups in total. The summed E-state index contributed by atoms with van der Waals surface area (Å²) in [7, 11) is 0. The summed E-state index contributed by atoms with van der Waals surface area (Å²) in [6.45, 7) is 12.5. The van der Waals surface area contributed by atoms with Crippen LogP contribution < -0.4 is 0 Å². The highest BCUT2D eigenvalue weighted by molar-refractivity contribution is 5.60. The summed E-state index contributed by atoms with van der Waals surface area (Å²) >= 11 is 0. The summed E-state index contributed by atoms with van der Waals surface area (Å²) in [4.78, 5) is 0. The van der Waals surface area contributed by atoms with Gasteiger partial charge in [0.05, 0.1) is 6.07 Å². The Hall–Kier alpha value is -1.75. The summed E-state index contributed by atoms with van der Waals surface area (Å²) in [6.07, 6.45) is 3.25. The van der Waals surface area contributed by atoms with Gasteiger partial charge in [-0.25, -0.2) is 0 Å². The monoisotopic (exact) mass is 257 g/mol. The summed E-state index contributed by atoms with van der Waals surface area (Å²) in [5, 5.41) is 19.2. The van der Waals surface area contributed by atoms with Crippen molar-refractivity contribution in [2.24, 2.45) is 0 Å². The Morgan fingerprint density at radius 1 is 1.00 bits per heavy atom. The third-order valence-corrected chi connectivity index (χ3v) is 3.10. The number of phenolic OH excluding ortho intramolecular Hbond substituents is 1. The number of hydrogen-bond acceptors (Lipinski definition) is 2. The molecule has 0 aliphatic heterocycles. The maximum Gasteiger partial charge on any atom is 0.123 e. The second-order valence-corrected chi connectivity index (χ2v) is 6.93. The zero-order chi connectivity index (χ0) is 14.8. The van der Waals surface area contributed by atoms with Gasteiger partial charge in [-0.05, 0) is 34.6 Å². The van der Waals surface area contributed by atoms with Gasteiger partial charge in [-0.1, -0.05) is 41.5 Å². The lowest BCUT2D eigenvalue weighted by Crippen LogP contribution is -2.17. The number of allylic oxidation sites excluding steroid dienone is 1. The molecule has 0 unspecified atom stereocenters. The molecule has 0 radical (unpaired) electrons. The largest absolute Gasteiger partial charge is 0.507 e. The molecule has 0 aliphatic carbocycles. The van der Waals surface area contributed by atoms with Gasteiger partial charge in [0.15, 0.2) is 0 Å². The van der Waals surface area contributed by atoms with Gasteiger partial charge in [-0.15, -0.1) is 0 Å². The Bertz CT molecular complexity index is 499. The highest BCUT2D eigenvalue weighted by atomic mass is 16.3. The third-order valence-electron chi connectivity index (χ3n) is 3.10. The number of hydrogen-bond donors (Lipinski definition) is 1. The van der Waals surface area contributed by atoms with Gasteiger partial charge in [0.1, 0.15) is 5.75 Å². The molecular weight excluding hydrogens is 234 g/mol. The molecule has 0 heterocycles. The minimum absolute atomic E-state index is 0.138. The average molecular weight is 257 g/mol. The summed E-state index contributed by atoms with van der Waals surface area (Å²) in [6, 6.07) is 5.92. The fourth-order valence-electron chi connectivity index (χ4n) is 2.03. The van der Waals surface area contributed by atoms with Crippen LogP contribution in [-0.4, -0.2) is 5.11 Å². The van der Waals surface area contributed by atoms with Gasteiger partial charge in [-0.2, -0.15) is 5.26 Å². The second kappa shape index (κ2) is 5.09. The molecule has 0 spiro atoms. The number of rotatable bonds is 1. The number of aromatic hydroxyl groups is 1. The zero-order valence-corrected chi connectivity index (χ0v) is 12.7. The van der Waals surface area contributed by atoms with E-state index in [4.69, 9.17) is 5.26 Å². The van der Waals surface area contributed by atoms with Gasteiger partial charge < -0.3 is 5.11 Å². The lowest BCUT2D eigenvalue weighted by Gasteiger charge is -2.27. The Balaban J connectivity index is 3.58. The fraction of sp³-hybridized carbons (Fsp3) is 0.471. The minimum atomic E-state index is -0.138. The predicted octanol–water partition coefficient (Wildman–Crippen LogP) is 4.52. The summed E-state index contributed by atoms with van der Waals surface area (Å²) in [5.41, 5.74) is 2.51. The highest BCUT2D eigenvalue weighted by Gasteiger charge is 2.25. The molecule has 1 aromatic rings. The van der Waals surface area contributed by atoms with Crippen LogP contribution in [0.3, 0.4) is 0 Å². The van der Waals surface area contributed by atoms with Crippen LogP contribution in [0.4, 0.5) is 0 Å². The molecule has 0 atom stereocenters. The van der Waals surface area contributed by atoms with Crippen molar-refractivity contribution in [1.82, 2.24) is 0 Å². The van der Waals surface area contributed by atoms with E-state index in [1.54, 1.807) is 6.08 Å². The number of nitrogens with zero attached hydrogens (tertiary/aromatic N) is 1. The van der Waals surface area contributed by atoms with E-state index in [1.165, 1.54) is 6.08 Å². The van der Waals surface area contributed by atoms with Gasteiger partial charge in [0, 0.05) is 17.2 Å². The van der Waals surface area contributed by atoms with Gasteiger partial charge in [0.2, 0.25) is 0 Å². The normalized spacial score (nSPS) is 12.7. The van der Waals surface area contributed by atoms with Crippen LogP contribution in [0.5, 0.6) is 5.75 Å². The van der Waals surface area contributed by atoms with E-state index in [-0.39, 0.29) is 10.8 Å². The molecule has 0 amide bonds. The molecule has 2 heteroatoms. The Morgan fingerprint density at radius 3 is 1.74 bits per heavy atom. The number of benzene rings is 1. The van der Waals surface area contributed by atoms with Crippen LogP contribution in [0.15, 0.2) is 18.2 Å². The van der Waals surface area contributed by atoms with Gasteiger partial charge in [-0.3, -0.25) is 0 Å². The topological polar surface area (TPSA) is 44.0 Å². The van der Waals surface area contributed by atoms with E-state index in [0.717, 1.165) is 16.7 Å². The first-order chi connectivity index (χ1) is 8.57. The van der Waals surface area contributed by atoms with E-state index >= 15 is 0 Å². The maximum atomic E-state index is 10.5. The van der Waals surface area contributed by atoms with Crippen LogP contribution in [-0.2, 0) is 10.8 Å². The van der Waals surface area contributed by atoms with E-state index in [0.29, 0.717) is 5.75 Å².